The number of esters is 1. The number of carbonyl (C=O) groups excluding carboxylic acids is 2. The highest BCUT2D eigenvalue weighted by atomic mass is 35.5. The SMILES string of the molecule is Cc1ccc(C)n1-c1ccc(C(=O)OCC(=O)Nc2ccc(Cl)cn2)cc1. The zero-order chi connectivity index (χ0) is 19.4. The van der Waals surface area contributed by atoms with Gasteiger partial charge in [0.15, 0.2) is 6.61 Å². The molecule has 7 heteroatoms. The summed E-state index contributed by atoms with van der Waals surface area (Å²) in [5.74, 6) is -0.711. The molecule has 0 aliphatic heterocycles. The summed E-state index contributed by atoms with van der Waals surface area (Å²) in [6.07, 6.45) is 1.42. The molecule has 0 radical (unpaired) electrons. The Morgan fingerprint density at radius 2 is 1.70 bits per heavy atom. The van der Waals surface area contributed by atoms with Crippen molar-refractivity contribution in [3.05, 3.63) is 76.7 Å². The second-order valence-electron chi connectivity index (χ2n) is 5.98. The minimum Gasteiger partial charge on any atom is -0.452 e. The lowest BCUT2D eigenvalue weighted by Gasteiger charge is -2.10. The normalized spacial score (nSPS) is 10.5. The number of pyridine rings is 1. The Kier molecular flexibility index (Phi) is 5.57. The van der Waals surface area contributed by atoms with Crippen LogP contribution in [-0.2, 0) is 9.53 Å². The first kappa shape index (κ1) is 18.7. The lowest BCUT2D eigenvalue weighted by molar-refractivity contribution is -0.119. The fourth-order valence-electron chi connectivity index (χ4n) is 2.67. The molecule has 0 bridgehead atoms. The number of rotatable bonds is 5. The standard InChI is InChI=1S/C20H18ClN3O3/c1-13-3-4-14(2)24(13)17-8-5-15(6-9-17)20(26)27-12-19(25)23-18-10-7-16(21)11-22-18/h3-11H,12H2,1-2H3,(H,22,23,25). The van der Waals surface area contributed by atoms with Gasteiger partial charge in [-0.2, -0.15) is 0 Å². The van der Waals surface area contributed by atoms with Crippen LogP contribution >= 0.6 is 11.6 Å². The molecule has 0 spiro atoms. The molecular formula is C20H18ClN3O3. The number of anilines is 1. The van der Waals surface area contributed by atoms with E-state index in [1.165, 1.54) is 6.20 Å². The molecule has 0 fully saturated rings. The van der Waals surface area contributed by atoms with Gasteiger partial charge in [-0.15, -0.1) is 0 Å². The van der Waals surface area contributed by atoms with Crippen LogP contribution in [0.3, 0.4) is 0 Å². The van der Waals surface area contributed by atoms with Crippen LogP contribution < -0.4 is 5.32 Å². The number of hydrogen-bond acceptors (Lipinski definition) is 4. The van der Waals surface area contributed by atoms with Crippen LogP contribution in [0.25, 0.3) is 5.69 Å². The molecule has 3 rings (SSSR count). The average molecular weight is 384 g/mol. The lowest BCUT2D eigenvalue weighted by Crippen LogP contribution is -2.21. The van der Waals surface area contributed by atoms with Crippen molar-refractivity contribution in [3.63, 3.8) is 0 Å². The summed E-state index contributed by atoms with van der Waals surface area (Å²) in [5, 5.41) is 2.99. The smallest absolute Gasteiger partial charge is 0.338 e. The number of benzene rings is 1. The number of halogens is 1. The second kappa shape index (κ2) is 8.05. The van der Waals surface area contributed by atoms with Gasteiger partial charge in [0.05, 0.1) is 10.6 Å². The van der Waals surface area contributed by atoms with E-state index >= 15 is 0 Å². The highest BCUT2D eigenvalue weighted by molar-refractivity contribution is 6.30. The van der Waals surface area contributed by atoms with E-state index in [0.717, 1.165) is 17.1 Å². The van der Waals surface area contributed by atoms with E-state index in [-0.39, 0.29) is 0 Å². The van der Waals surface area contributed by atoms with E-state index in [9.17, 15) is 9.59 Å². The molecular weight excluding hydrogens is 366 g/mol. The maximum absolute atomic E-state index is 12.1. The van der Waals surface area contributed by atoms with Gasteiger partial charge in [-0.05, 0) is 62.4 Å². The lowest BCUT2D eigenvalue weighted by atomic mass is 10.2. The van der Waals surface area contributed by atoms with Crippen molar-refractivity contribution in [2.45, 2.75) is 13.8 Å². The monoisotopic (exact) mass is 383 g/mol. The zero-order valence-electron chi connectivity index (χ0n) is 14.9. The van der Waals surface area contributed by atoms with Crippen molar-refractivity contribution < 1.29 is 14.3 Å². The van der Waals surface area contributed by atoms with Crippen molar-refractivity contribution in [2.24, 2.45) is 0 Å². The Morgan fingerprint density at radius 1 is 1.04 bits per heavy atom. The number of aryl methyl sites for hydroxylation is 2. The molecule has 2 heterocycles. The van der Waals surface area contributed by atoms with Crippen LogP contribution in [0.5, 0.6) is 0 Å². The predicted octanol–water partition coefficient (Wildman–Crippen LogP) is 3.94. The first-order valence-electron chi connectivity index (χ1n) is 8.28. The molecule has 0 saturated carbocycles. The minimum atomic E-state index is -0.568. The fraction of sp³-hybridized carbons (Fsp3) is 0.150. The minimum absolute atomic E-state index is 0.335. The van der Waals surface area contributed by atoms with Crippen LogP contribution in [0.4, 0.5) is 5.82 Å². The van der Waals surface area contributed by atoms with E-state index in [1.807, 2.05) is 38.1 Å². The van der Waals surface area contributed by atoms with Crippen molar-refractivity contribution >= 4 is 29.3 Å². The maximum Gasteiger partial charge on any atom is 0.338 e. The van der Waals surface area contributed by atoms with Gasteiger partial charge in [-0.25, -0.2) is 9.78 Å². The van der Waals surface area contributed by atoms with Crippen molar-refractivity contribution in [1.29, 1.82) is 0 Å². The van der Waals surface area contributed by atoms with E-state index in [2.05, 4.69) is 14.9 Å². The summed E-state index contributed by atoms with van der Waals surface area (Å²) in [6.45, 7) is 3.63. The Balaban J connectivity index is 1.58. The third kappa shape index (κ3) is 4.54. The molecule has 0 saturated heterocycles. The van der Waals surface area contributed by atoms with E-state index in [4.69, 9.17) is 16.3 Å². The van der Waals surface area contributed by atoms with Gasteiger partial charge >= 0.3 is 5.97 Å². The van der Waals surface area contributed by atoms with E-state index in [0.29, 0.717) is 16.4 Å². The number of nitrogens with one attached hydrogen (secondary N) is 1. The number of ether oxygens (including phenoxy) is 1. The zero-order valence-corrected chi connectivity index (χ0v) is 15.7. The van der Waals surface area contributed by atoms with Gasteiger partial charge in [0, 0.05) is 23.3 Å². The molecule has 3 aromatic rings. The highest BCUT2D eigenvalue weighted by Gasteiger charge is 2.12. The Morgan fingerprint density at radius 3 is 2.30 bits per heavy atom. The third-order valence-corrected chi connectivity index (χ3v) is 4.19. The quantitative estimate of drug-likeness (QED) is 0.677. The highest BCUT2D eigenvalue weighted by Crippen LogP contribution is 2.17. The average Bonchev–Trinajstić information content (AvgIpc) is 3.00. The van der Waals surface area contributed by atoms with Gasteiger partial charge in [0.1, 0.15) is 5.82 Å². The van der Waals surface area contributed by atoms with Gasteiger partial charge in [-0.1, -0.05) is 11.6 Å². The summed E-state index contributed by atoms with van der Waals surface area (Å²) in [7, 11) is 0. The molecule has 0 aliphatic rings. The van der Waals surface area contributed by atoms with Crippen molar-refractivity contribution in [1.82, 2.24) is 9.55 Å². The largest absolute Gasteiger partial charge is 0.452 e. The number of carbonyl (C=O) groups is 2. The van der Waals surface area contributed by atoms with Gasteiger partial charge < -0.3 is 14.6 Å². The number of aromatic nitrogens is 2. The molecule has 138 valence electrons. The Bertz CT molecular complexity index is 944. The molecule has 0 unspecified atom stereocenters. The molecule has 0 aliphatic carbocycles. The number of nitrogens with zero attached hydrogens (tertiary/aromatic N) is 2. The molecule has 1 N–H and O–H groups in total. The van der Waals surface area contributed by atoms with Gasteiger partial charge in [0.2, 0.25) is 0 Å². The van der Waals surface area contributed by atoms with Crippen molar-refractivity contribution in [2.75, 3.05) is 11.9 Å². The topological polar surface area (TPSA) is 73.2 Å². The van der Waals surface area contributed by atoms with E-state index < -0.39 is 18.5 Å². The summed E-state index contributed by atoms with van der Waals surface area (Å²) in [6, 6.07) is 14.3. The van der Waals surface area contributed by atoms with Crippen LogP contribution in [0, 0.1) is 13.8 Å². The van der Waals surface area contributed by atoms with Gasteiger partial charge in [0.25, 0.3) is 5.91 Å². The third-order valence-electron chi connectivity index (χ3n) is 3.96. The maximum atomic E-state index is 12.1. The number of amides is 1. The predicted molar refractivity (Wildman–Crippen MR) is 103 cm³/mol. The Hall–Kier alpha value is -3.12. The van der Waals surface area contributed by atoms with Crippen LogP contribution in [0.15, 0.2) is 54.7 Å². The van der Waals surface area contributed by atoms with Crippen LogP contribution in [0.2, 0.25) is 5.02 Å². The molecule has 27 heavy (non-hydrogen) atoms. The molecule has 2 aromatic heterocycles. The molecule has 1 aromatic carbocycles. The summed E-state index contributed by atoms with van der Waals surface area (Å²) < 4.78 is 7.14. The first-order chi connectivity index (χ1) is 12.9. The second-order valence-corrected chi connectivity index (χ2v) is 6.42. The van der Waals surface area contributed by atoms with Crippen LogP contribution in [-0.4, -0.2) is 28.0 Å². The van der Waals surface area contributed by atoms with Gasteiger partial charge in [-0.3, -0.25) is 4.79 Å². The summed E-state index contributed by atoms with van der Waals surface area (Å²) >= 11 is 5.73. The summed E-state index contributed by atoms with van der Waals surface area (Å²) in [4.78, 5) is 27.9. The molecule has 1 amide bonds. The molecule has 0 atom stereocenters. The Labute approximate surface area is 161 Å². The van der Waals surface area contributed by atoms with Crippen LogP contribution in [0.1, 0.15) is 21.7 Å². The number of hydrogen-bond donors (Lipinski definition) is 1. The van der Waals surface area contributed by atoms with E-state index in [1.54, 1.807) is 24.3 Å². The summed E-state index contributed by atoms with van der Waals surface area (Å²) in [5.41, 5.74) is 3.54. The fourth-order valence-corrected chi connectivity index (χ4v) is 2.78. The van der Waals surface area contributed by atoms with Crippen molar-refractivity contribution in [3.8, 4) is 5.69 Å². The first-order valence-corrected chi connectivity index (χ1v) is 8.66. The molecule has 6 nitrogen and oxygen atoms in total.